The molecule has 3 heterocycles. The van der Waals surface area contributed by atoms with Gasteiger partial charge in [0.15, 0.2) is 0 Å². The van der Waals surface area contributed by atoms with Crippen LogP contribution in [-0.4, -0.2) is 29.0 Å². The van der Waals surface area contributed by atoms with Crippen molar-refractivity contribution in [2.24, 2.45) is 0 Å². The van der Waals surface area contributed by atoms with Crippen molar-refractivity contribution < 1.29 is 4.79 Å². The number of hydrogen-bond acceptors (Lipinski definition) is 4. The van der Waals surface area contributed by atoms with Crippen molar-refractivity contribution in [1.29, 1.82) is 0 Å². The Labute approximate surface area is 157 Å². The highest BCUT2D eigenvalue weighted by atomic mass is 16.2. The molecule has 0 atom stereocenters. The van der Waals surface area contributed by atoms with Crippen LogP contribution in [0, 0.1) is 0 Å². The fraction of sp³-hybridized carbons (Fsp3) is 0.286. The fourth-order valence-corrected chi connectivity index (χ4v) is 3.48. The molecule has 1 saturated heterocycles. The number of benzene rings is 1. The Morgan fingerprint density at radius 3 is 2.70 bits per heavy atom. The number of amides is 1. The van der Waals surface area contributed by atoms with Gasteiger partial charge in [0, 0.05) is 24.2 Å². The van der Waals surface area contributed by atoms with Crippen LogP contribution in [-0.2, 0) is 11.2 Å². The summed E-state index contributed by atoms with van der Waals surface area (Å²) in [6, 6.07) is 13.1. The molecule has 0 unspecified atom stereocenters. The van der Waals surface area contributed by atoms with E-state index in [4.69, 9.17) is 0 Å². The Morgan fingerprint density at radius 1 is 1.11 bits per heavy atom. The van der Waals surface area contributed by atoms with Crippen LogP contribution in [0.3, 0.4) is 0 Å². The molecule has 1 amide bonds. The van der Waals surface area contributed by atoms with Gasteiger partial charge in [-0.05, 0) is 48.9 Å². The van der Waals surface area contributed by atoms with E-state index in [0.29, 0.717) is 11.4 Å². The first-order chi connectivity index (χ1) is 13.2. The number of carbonyl (C=O) groups is 1. The Kier molecular flexibility index (Phi) is 4.87. The summed E-state index contributed by atoms with van der Waals surface area (Å²) >= 11 is 0. The average Bonchev–Trinajstić information content (AvgIpc) is 2.70. The minimum Gasteiger partial charge on any atom is -0.370 e. The number of aromatic amines is 1. The molecule has 0 saturated carbocycles. The molecule has 138 valence electrons. The third kappa shape index (κ3) is 4.00. The van der Waals surface area contributed by atoms with Gasteiger partial charge in [-0.25, -0.2) is 4.98 Å². The van der Waals surface area contributed by atoms with E-state index in [2.05, 4.69) is 20.2 Å². The maximum Gasteiger partial charge on any atom is 0.252 e. The van der Waals surface area contributed by atoms with E-state index in [0.717, 1.165) is 29.7 Å². The number of H-pyrrole nitrogens is 1. The highest BCUT2D eigenvalue weighted by molar-refractivity contribution is 5.92. The zero-order chi connectivity index (χ0) is 18.6. The number of aromatic nitrogens is 2. The highest BCUT2D eigenvalue weighted by Gasteiger charge is 2.12. The zero-order valence-corrected chi connectivity index (χ0v) is 15.1. The highest BCUT2D eigenvalue weighted by Crippen LogP contribution is 2.20. The number of fused-ring (bicyclic) bond motifs is 1. The summed E-state index contributed by atoms with van der Waals surface area (Å²) < 4.78 is 0. The Bertz CT molecular complexity index is 1000. The summed E-state index contributed by atoms with van der Waals surface area (Å²) in [5.41, 5.74) is 2.05. The van der Waals surface area contributed by atoms with Crippen molar-refractivity contribution in [3.8, 4) is 0 Å². The first-order valence-electron chi connectivity index (χ1n) is 9.31. The molecular weight excluding hydrogens is 340 g/mol. The van der Waals surface area contributed by atoms with E-state index in [9.17, 15) is 9.59 Å². The van der Waals surface area contributed by atoms with E-state index < -0.39 is 0 Å². The number of rotatable bonds is 4. The van der Waals surface area contributed by atoms with Gasteiger partial charge in [0.05, 0.1) is 18.3 Å². The van der Waals surface area contributed by atoms with Crippen molar-refractivity contribution in [2.75, 3.05) is 23.3 Å². The molecule has 3 aromatic rings. The molecular formula is C21H22N4O2. The minimum atomic E-state index is -0.256. The summed E-state index contributed by atoms with van der Waals surface area (Å²) in [5, 5.41) is 3.68. The molecule has 4 rings (SSSR count). The lowest BCUT2D eigenvalue weighted by Crippen LogP contribution is -2.29. The minimum absolute atomic E-state index is 0.00965. The molecule has 0 spiro atoms. The number of nitrogens with zero attached hydrogens (tertiary/aromatic N) is 2. The van der Waals surface area contributed by atoms with Gasteiger partial charge in [0.2, 0.25) is 5.91 Å². The molecule has 6 nitrogen and oxygen atoms in total. The van der Waals surface area contributed by atoms with Crippen LogP contribution in [0.1, 0.15) is 24.8 Å². The van der Waals surface area contributed by atoms with Crippen LogP contribution < -0.4 is 15.8 Å². The number of nitrogens with one attached hydrogen (secondary N) is 2. The summed E-state index contributed by atoms with van der Waals surface area (Å²) in [6.45, 7) is 2.11. The number of hydrogen-bond donors (Lipinski definition) is 2. The number of anilines is 2. The van der Waals surface area contributed by atoms with Crippen LogP contribution in [0.5, 0.6) is 0 Å². The molecule has 1 aliphatic rings. The predicted molar refractivity (Wildman–Crippen MR) is 107 cm³/mol. The molecule has 1 aromatic carbocycles. The predicted octanol–water partition coefficient (Wildman–Crippen LogP) is 3.09. The zero-order valence-electron chi connectivity index (χ0n) is 15.1. The number of pyridine rings is 2. The van der Waals surface area contributed by atoms with E-state index in [1.54, 1.807) is 12.3 Å². The molecule has 6 heteroatoms. The maximum absolute atomic E-state index is 12.3. The molecule has 1 fully saturated rings. The van der Waals surface area contributed by atoms with E-state index in [1.165, 1.54) is 19.3 Å². The largest absolute Gasteiger partial charge is 0.370 e. The maximum atomic E-state index is 12.3. The third-order valence-electron chi connectivity index (χ3n) is 4.92. The Hall–Kier alpha value is -3.15. The lowest BCUT2D eigenvalue weighted by atomic mass is 10.1. The summed E-state index contributed by atoms with van der Waals surface area (Å²) in [4.78, 5) is 34.0. The molecule has 0 aliphatic carbocycles. The standard InChI is InChI=1S/C21H22N4O2/c26-20(13-16-12-15-6-2-3-7-18(15)23-21(16)27)24-19-9-8-17(14-22-19)25-10-4-1-5-11-25/h2-3,6-9,12,14H,1,4-5,10-11,13H2,(H,23,27)(H,22,24,26). The first-order valence-corrected chi connectivity index (χ1v) is 9.31. The summed E-state index contributed by atoms with van der Waals surface area (Å²) in [6.07, 6.45) is 5.50. The smallest absolute Gasteiger partial charge is 0.252 e. The summed E-state index contributed by atoms with van der Waals surface area (Å²) in [7, 11) is 0. The lowest BCUT2D eigenvalue weighted by molar-refractivity contribution is -0.115. The molecule has 2 N–H and O–H groups in total. The van der Waals surface area contributed by atoms with Gasteiger partial charge in [-0.1, -0.05) is 18.2 Å². The second kappa shape index (κ2) is 7.61. The van der Waals surface area contributed by atoms with Gasteiger partial charge in [-0.15, -0.1) is 0 Å². The van der Waals surface area contributed by atoms with Crippen molar-refractivity contribution in [1.82, 2.24) is 9.97 Å². The monoisotopic (exact) mass is 362 g/mol. The SMILES string of the molecule is O=C(Cc1cc2ccccc2[nH]c1=O)Nc1ccc(N2CCCCC2)cn1. The van der Waals surface area contributed by atoms with Crippen LogP contribution in [0.2, 0.25) is 0 Å². The van der Waals surface area contributed by atoms with Gasteiger partial charge in [-0.2, -0.15) is 0 Å². The molecule has 27 heavy (non-hydrogen) atoms. The first kappa shape index (κ1) is 17.3. The Morgan fingerprint density at radius 2 is 1.93 bits per heavy atom. The van der Waals surface area contributed by atoms with Crippen LogP contribution in [0.25, 0.3) is 10.9 Å². The Balaban J connectivity index is 1.43. The van der Waals surface area contributed by atoms with E-state index >= 15 is 0 Å². The van der Waals surface area contributed by atoms with Crippen molar-refractivity contribution >= 4 is 28.3 Å². The average molecular weight is 362 g/mol. The molecule has 2 aromatic heterocycles. The van der Waals surface area contributed by atoms with E-state index in [-0.39, 0.29) is 17.9 Å². The van der Waals surface area contributed by atoms with Crippen LogP contribution in [0.4, 0.5) is 11.5 Å². The quantitative estimate of drug-likeness (QED) is 0.748. The third-order valence-corrected chi connectivity index (χ3v) is 4.92. The molecule has 0 radical (unpaired) electrons. The van der Waals surface area contributed by atoms with Crippen molar-refractivity contribution in [2.45, 2.75) is 25.7 Å². The van der Waals surface area contributed by atoms with Crippen LogP contribution >= 0.6 is 0 Å². The second-order valence-corrected chi connectivity index (χ2v) is 6.89. The normalized spacial score (nSPS) is 14.3. The van der Waals surface area contributed by atoms with Crippen LogP contribution in [0.15, 0.2) is 53.5 Å². The van der Waals surface area contributed by atoms with E-state index in [1.807, 2.05) is 36.4 Å². The fourth-order valence-electron chi connectivity index (χ4n) is 3.48. The number of piperidine rings is 1. The van der Waals surface area contributed by atoms with Gasteiger partial charge in [0.25, 0.3) is 5.56 Å². The molecule has 1 aliphatic heterocycles. The number of carbonyl (C=O) groups excluding carboxylic acids is 1. The molecule has 0 bridgehead atoms. The number of para-hydroxylation sites is 1. The van der Waals surface area contributed by atoms with Gasteiger partial charge in [0.1, 0.15) is 5.82 Å². The van der Waals surface area contributed by atoms with Gasteiger partial charge in [-0.3, -0.25) is 9.59 Å². The van der Waals surface area contributed by atoms with Crippen molar-refractivity contribution in [3.05, 3.63) is 64.6 Å². The van der Waals surface area contributed by atoms with Gasteiger partial charge < -0.3 is 15.2 Å². The second-order valence-electron chi connectivity index (χ2n) is 6.89. The lowest BCUT2D eigenvalue weighted by Gasteiger charge is -2.28. The van der Waals surface area contributed by atoms with Gasteiger partial charge >= 0.3 is 0 Å². The summed E-state index contributed by atoms with van der Waals surface area (Å²) in [5.74, 6) is 0.243. The van der Waals surface area contributed by atoms with Crippen molar-refractivity contribution in [3.63, 3.8) is 0 Å². The topological polar surface area (TPSA) is 78.1 Å².